The van der Waals surface area contributed by atoms with Crippen molar-refractivity contribution in [2.45, 2.75) is 51.7 Å². The number of nitrogens with one attached hydrogen (secondary N) is 3. The van der Waals surface area contributed by atoms with Crippen LogP contribution in [0.5, 0.6) is 0 Å². The van der Waals surface area contributed by atoms with Crippen molar-refractivity contribution < 1.29 is 34.2 Å². The third kappa shape index (κ3) is 8.42. The summed E-state index contributed by atoms with van der Waals surface area (Å²) < 4.78 is 0. The lowest BCUT2D eigenvalue weighted by atomic mass is 9.99. The largest absolute Gasteiger partial charge is 0.481 e. The van der Waals surface area contributed by atoms with E-state index in [0.717, 1.165) is 0 Å². The van der Waals surface area contributed by atoms with Gasteiger partial charge in [-0.1, -0.05) is 20.3 Å². The van der Waals surface area contributed by atoms with Crippen LogP contribution in [0.1, 0.15) is 33.6 Å². The van der Waals surface area contributed by atoms with E-state index in [-0.39, 0.29) is 5.92 Å². The molecule has 0 bridgehead atoms. The normalized spacial score (nSPS) is 15.1. The molecule has 0 spiro atoms. The Bertz CT molecular complexity index is 552. The number of nitrogens with two attached hydrogens (primary N) is 1. The summed E-state index contributed by atoms with van der Waals surface area (Å²) in [5, 5.41) is 24.5. The van der Waals surface area contributed by atoms with E-state index in [1.165, 1.54) is 6.92 Å². The average molecular weight is 374 g/mol. The van der Waals surface area contributed by atoms with Crippen LogP contribution in [0.4, 0.5) is 0 Å². The van der Waals surface area contributed by atoms with Crippen LogP contribution in [0.25, 0.3) is 0 Å². The molecular formula is C15H26N4O7. The Morgan fingerprint density at radius 3 is 2.04 bits per heavy atom. The lowest BCUT2D eigenvalue weighted by molar-refractivity contribution is -0.143. The SMILES string of the molecule is CCC(C)C(NC(=O)C(C)NC(=O)CNC(=O)C(N)CC(=O)O)C(=O)O. The van der Waals surface area contributed by atoms with Crippen molar-refractivity contribution in [2.24, 2.45) is 11.7 Å². The maximum absolute atomic E-state index is 12.0. The molecule has 4 atom stereocenters. The van der Waals surface area contributed by atoms with Crippen molar-refractivity contribution in [3.63, 3.8) is 0 Å². The van der Waals surface area contributed by atoms with Crippen LogP contribution in [-0.2, 0) is 24.0 Å². The Labute approximate surface area is 150 Å². The summed E-state index contributed by atoms with van der Waals surface area (Å²) in [6, 6.07) is -3.41. The zero-order chi connectivity index (χ0) is 20.4. The standard InChI is InChI=1S/C15H26N4O7/c1-4-7(2)12(15(25)26)19-13(23)8(3)18-10(20)6-17-14(24)9(16)5-11(21)22/h7-9,12H,4-6,16H2,1-3H3,(H,17,24)(H,18,20)(H,19,23)(H,21,22)(H,25,26). The highest BCUT2D eigenvalue weighted by atomic mass is 16.4. The average Bonchev–Trinajstić information content (AvgIpc) is 2.55. The molecule has 148 valence electrons. The first-order valence-corrected chi connectivity index (χ1v) is 8.07. The van der Waals surface area contributed by atoms with Crippen LogP contribution < -0.4 is 21.7 Å². The number of hydrogen-bond acceptors (Lipinski definition) is 6. The van der Waals surface area contributed by atoms with Crippen molar-refractivity contribution in [3.05, 3.63) is 0 Å². The summed E-state index contributed by atoms with van der Waals surface area (Å²) in [6.07, 6.45) is -0.0426. The van der Waals surface area contributed by atoms with Crippen molar-refractivity contribution in [1.29, 1.82) is 0 Å². The van der Waals surface area contributed by atoms with Crippen molar-refractivity contribution >= 4 is 29.7 Å². The Kier molecular flexibility index (Phi) is 9.89. The summed E-state index contributed by atoms with van der Waals surface area (Å²) in [7, 11) is 0. The number of carboxylic acid groups (broad SMARTS) is 2. The highest BCUT2D eigenvalue weighted by Gasteiger charge is 2.27. The molecule has 11 heteroatoms. The molecule has 0 fully saturated rings. The summed E-state index contributed by atoms with van der Waals surface area (Å²) in [5.74, 6) is -4.93. The number of rotatable bonds is 11. The highest BCUT2D eigenvalue weighted by Crippen LogP contribution is 2.08. The van der Waals surface area contributed by atoms with E-state index in [0.29, 0.717) is 6.42 Å². The van der Waals surface area contributed by atoms with Gasteiger partial charge in [-0.05, 0) is 12.8 Å². The van der Waals surface area contributed by atoms with Gasteiger partial charge >= 0.3 is 11.9 Å². The van der Waals surface area contributed by atoms with Crippen LogP contribution in [0.2, 0.25) is 0 Å². The van der Waals surface area contributed by atoms with Gasteiger partial charge in [0.2, 0.25) is 17.7 Å². The van der Waals surface area contributed by atoms with Crippen LogP contribution in [-0.4, -0.2) is 64.5 Å². The van der Waals surface area contributed by atoms with E-state index in [2.05, 4.69) is 16.0 Å². The predicted octanol–water partition coefficient (Wildman–Crippen LogP) is -1.98. The fourth-order valence-electron chi connectivity index (χ4n) is 1.90. The lowest BCUT2D eigenvalue weighted by Crippen LogP contribution is -2.54. The topological polar surface area (TPSA) is 188 Å². The first kappa shape index (κ1) is 23.3. The zero-order valence-electron chi connectivity index (χ0n) is 14.9. The molecule has 11 nitrogen and oxygen atoms in total. The molecule has 0 aromatic rings. The minimum atomic E-state index is -1.30. The fraction of sp³-hybridized carbons (Fsp3) is 0.667. The van der Waals surface area contributed by atoms with Crippen LogP contribution in [0.15, 0.2) is 0 Å². The van der Waals surface area contributed by atoms with E-state index in [4.69, 9.17) is 15.9 Å². The van der Waals surface area contributed by atoms with Crippen molar-refractivity contribution in [2.75, 3.05) is 6.54 Å². The van der Waals surface area contributed by atoms with Gasteiger partial charge in [0, 0.05) is 0 Å². The van der Waals surface area contributed by atoms with E-state index in [1.807, 2.05) is 0 Å². The van der Waals surface area contributed by atoms with Gasteiger partial charge in [0.1, 0.15) is 12.1 Å². The Balaban J connectivity index is 4.48. The number of aliphatic carboxylic acids is 2. The second-order valence-electron chi connectivity index (χ2n) is 5.92. The third-order valence-corrected chi connectivity index (χ3v) is 3.70. The van der Waals surface area contributed by atoms with Gasteiger partial charge in [-0.2, -0.15) is 0 Å². The maximum Gasteiger partial charge on any atom is 0.326 e. The summed E-state index contributed by atoms with van der Waals surface area (Å²) in [6.45, 7) is 4.33. The number of carbonyl (C=O) groups excluding carboxylic acids is 3. The molecule has 26 heavy (non-hydrogen) atoms. The molecule has 0 aromatic heterocycles. The van der Waals surface area contributed by atoms with Gasteiger partial charge in [0.25, 0.3) is 0 Å². The molecular weight excluding hydrogens is 348 g/mol. The molecule has 0 saturated heterocycles. The molecule has 3 amide bonds. The quantitative estimate of drug-likeness (QED) is 0.240. The Hall–Kier alpha value is -2.69. The first-order valence-electron chi connectivity index (χ1n) is 8.07. The number of carboxylic acids is 2. The van der Waals surface area contributed by atoms with E-state index in [1.54, 1.807) is 13.8 Å². The molecule has 7 N–H and O–H groups in total. The van der Waals surface area contributed by atoms with E-state index in [9.17, 15) is 24.0 Å². The number of amides is 3. The Morgan fingerprint density at radius 2 is 1.58 bits per heavy atom. The third-order valence-electron chi connectivity index (χ3n) is 3.70. The van der Waals surface area contributed by atoms with Gasteiger partial charge in [-0.3, -0.25) is 19.2 Å². The smallest absolute Gasteiger partial charge is 0.326 e. The first-order chi connectivity index (χ1) is 12.0. The van der Waals surface area contributed by atoms with Crippen LogP contribution in [0.3, 0.4) is 0 Å². The van der Waals surface area contributed by atoms with E-state index >= 15 is 0 Å². The van der Waals surface area contributed by atoms with E-state index < -0.39 is 60.8 Å². The molecule has 0 saturated carbocycles. The van der Waals surface area contributed by atoms with Crippen LogP contribution >= 0.6 is 0 Å². The van der Waals surface area contributed by atoms with Gasteiger partial charge in [0.05, 0.1) is 19.0 Å². The molecule has 0 aromatic carbocycles. The predicted molar refractivity (Wildman–Crippen MR) is 89.9 cm³/mol. The second-order valence-corrected chi connectivity index (χ2v) is 5.92. The highest BCUT2D eigenvalue weighted by molar-refractivity contribution is 5.93. The molecule has 0 heterocycles. The van der Waals surface area contributed by atoms with Crippen LogP contribution in [0, 0.1) is 5.92 Å². The van der Waals surface area contributed by atoms with Gasteiger partial charge in [-0.25, -0.2) is 4.79 Å². The van der Waals surface area contributed by atoms with Crippen molar-refractivity contribution in [3.8, 4) is 0 Å². The summed E-state index contributed by atoms with van der Waals surface area (Å²) in [5.41, 5.74) is 5.33. The lowest BCUT2D eigenvalue weighted by Gasteiger charge is -2.22. The Morgan fingerprint density at radius 1 is 1.00 bits per heavy atom. The monoisotopic (exact) mass is 374 g/mol. The maximum atomic E-state index is 12.0. The number of carbonyl (C=O) groups is 5. The summed E-state index contributed by atoms with van der Waals surface area (Å²) in [4.78, 5) is 56.9. The molecule has 0 aliphatic rings. The van der Waals surface area contributed by atoms with Gasteiger partial charge in [0.15, 0.2) is 0 Å². The molecule has 0 aliphatic carbocycles. The van der Waals surface area contributed by atoms with Gasteiger partial charge < -0.3 is 31.9 Å². The molecule has 0 aliphatic heterocycles. The molecule has 0 rings (SSSR count). The van der Waals surface area contributed by atoms with Gasteiger partial charge in [-0.15, -0.1) is 0 Å². The zero-order valence-corrected chi connectivity index (χ0v) is 14.9. The minimum Gasteiger partial charge on any atom is -0.481 e. The second kappa shape index (κ2) is 11.0. The van der Waals surface area contributed by atoms with Crippen molar-refractivity contribution in [1.82, 2.24) is 16.0 Å². The summed E-state index contributed by atoms with van der Waals surface area (Å²) >= 11 is 0. The number of hydrogen-bond donors (Lipinski definition) is 6. The fourth-order valence-corrected chi connectivity index (χ4v) is 1.90. The molecule has 4 unspecified atom stereocenters. The minimum absolute atomic E-state index is 0.297. The molecule has 0 radical (unpaired) electrons.